The van der Waals surface area contributed by atoms with Gasteiger partial charge in [-0.25, -0.2) is 4.98 Å². The molecule has 0 spiro atoms. The third-order valence-corrected chi connectivity index (χ3v) is 4.46. The van der Waals surface area contributed by atoms with Crippen LogP contribution in [0.1, 0.15) is 16.1 Å². The van der Waals surface area contributed by atoms with Crippen molar-refractivity contribution < 1.29 is 0 Å². The molecule has 0 atom stereocenters. The molecular formula is C13H12IN3S. The predicted octanol–water partition coefficient (Wildman–Crippen LogP) is 3.58. The highest BCUT2D eigenvalue weighted by Crippen LogP contribution is 2.18. The Morgan fingerprint density at radius 2 is 2.22 bits per heavy atom. The number of anilines is 1. The topological polar surface area (TPSA) is 48.7 Å². The van der Waals surface area contributed by atoms with E-state index < -0.39 is 0 Å². The first-order chi connectivity index (χ1) is 8.69. The number of nitrogens with zero attached hydrogens (tertiary/aromatic N) is 2. The maximum atomic E-state index is 8.91. The van der Waals surface area contributed by atoms with Crippen molar-refractivity contribution in [3.05, 3.63) is 43.3 Å². The molecule has 2 aromatic heterocycles. The summed E-state index contributed by atoms with van der Waals surface area (Å²) in [5.74, 6) is 0.767. The zero-order valence-corrected chi connectivity index (χ0v) is 12.9. The van der Waals surface area contributed by atoms with Crippen molar-refractivity contribution in [2.75, 3.05) is 11.9 Å². The Morgan fingerprint density at radius 1 is 1.39 bits per heavy atom. The van der Waals surface area contributed by atoms with E-state index in [4.69, 9.17) is 5.26 Å². The van der Waals surface area contributed by atoms with Gasteiger partial charge in [-0.15, -0.1) is 11.3 Å². The van der Waals surface area contributed by atoms with Crippen molar-refractivity contribution in [1.82, 2.24) is 4.98 Å². The summed E-state index contributed by atoms with van der Waals surface area (Å²) in [5, 5.41) is 12.2. The quantitative estimate of drug-likeness (QED) is 0.839. The second-order valence-electron chi connectivity index (χ2n) is 3.86. The molecule has 0 amide bonds. The standard InChI is InChI=1S/C13H12IN3S/c1-9-2-5-13(17-11(9)8-15)16-7-6-10-3-4-12(14)18-10/h2-5H,6-7H2,1H3,(H,16,17). The van der Waals surface area contributed by atoms with Crippen molar-refractivity contribution in [3.8, 4) is 6.07 Å². The number of halogens is 1. The van der Waals surface area contributed by atoms with E-state index in [0.717, 1.165) is 24.3 Å². The summed E-state index contributed by atoms with van der Waals surface area (Å²) in [6.45, 7) is 2.72. The van der Waals surface area contributed by atoms with Gasteiger partial charge in [0, 0.05) is 11.4 Å². The van der Waals surface area contributed by atoms with Crippen molar-refractivity contribution in [1.29, 1.82) is 5.26 Å². The highest BCUT2D eigenvalue weighted by Gasteiger charge is 2.02. The zero-order chi connectivity index (χ0) is 13.0. The van der Waals surface area contributed by atoms with Gasteiger partial charge in [-0.3, -0.25) is 0 Å². The highest BCUT2D eigenvalue weighted by molar-refractivity contribution is 14.1. The lowest BCUT2D eigenvalue weighted by Gasteiger charge is -2.05. The number of rotatable bonds is 4. The van der Waals surface area contributed by atoms with Crippen molar-refractivity contribution in [2.24, 2.45) is 0 Å². The van der Waals surface area contributed by atoms with E-state index in [-0.39, 0.29) is 0 Å². The molecule has 2 aromatic rings. The lowest BCUT2D eigenvalue weighted by atomic mass is 10.2. The van der Waals surface area contributed by atoms with E-state index in [1.54, 1.807) is 11.3 Å². The van der Waals surface area contributed by atoms with E-state index in [1.807, 2.05) is 19.1 Å². The summed E-state index contributed by atoms with van der Waals surface area (Å²) < 4.78 is 1.31. The number of aromatic nitrogens is 1. The largest absolute Gasteiger partial charge is 0.370 e. The average molecular weight is 369 g/mol. The number of nitrogens with one attached hydrogen (secondary N) is 1. The van der Waals surface area contributed by atoms with Crippen LogP contribution in [0, 0.1) is 21.1 Å². The zero-order valence-electron chi connectivity index (χ0n) is 9.90. The van der Waals surface area contributed by atoms with Crippen LogP contribution in [0.15, 0.2) is 24.3 Å². The monoisotopic (exact) mass is 369 g/mol. The van der Waals surface area contributed by atoms with Crippen LogP contribution in [-0.2, 0) is 6.42 Å². The molecule has 18 heavy (non-hydrogen) atoms. The van der Waals surface area contributed by atoms with Gasteiger partial charge in [0.15, 0.2) is 0 Å². The Kier molecular flexibility index (Phi) is 4.55. The van der Waals surface area contributed by atoms with Gasteiger partial charge in [0.05, 0.1) is 2.88 Å². The second-order valence-corrected chi connectivity index (χ2v) is 6.92. The maximum absolute atomic E-state index is 8.91. The Morgan fingerprint density at radius 3 is 2.89 bits per heavy atom. The fourth-order valence-corrected chi connectivity index (χ4v) is 3.30. The number of nitriles is 1. The molecule has 92 valence electrons. The minimum atomic E-state index is 0.491. The van der Waals surface area contributed by atoms with Crippen LogP contribution < -0.4 is 5.32 Å². The number of hydrogen-bond donors (Lipinski definition) is 1. The van der Waals surface area contributed by atoms with Crippen molar-refractivity contribution >= 4 is 39.7 Å². The van der Waals surface area contributed by atoms with Crippen LogP contribution >= 0.6 is 33.9 Å². The van der Waals surface area contributed by atoms with Crippen molar-refractivity contribution in [2.45, 2.75) is 13.3 Å². The smallest absolute Gasteiger partial charge is 0.145 e. The van der Waals surface area contributed by atoms with Gasteiger partial charge in [-0.2, -0.15) is 5.26 Å². The molecule has 0 unspecified atom stereocenters. The summed E-state index contributed by atoms with van der Waals surface area (Å²) in [5.41, 5.74) is 1.40. The first-order valence-corrected chi connectivity index (χ1v) is 7.44. The number of thiophene rings is 1. The van der Waals surface area contributed by atoms with Crippen LogP contribution in [-0.4, -0.2) is 11.5 Å². The molecule has 0 radical (unpaired) electrons. The van der Waals surface area contributed by atoms with E-state index in [1.165, 1.54) is 7.76 Å². The summed E-state index contributed by atoms with van der Waals surface area (Å²) in [6.07, 6.45) is 0.977. The number of aryl methyl sites for hydroxylation is 1. The predicted molar refractivity (Wildman–Crippen MR) is 82.9 cm³/mol. The molecule has 2 heterocycles. The van der Waals surface area contributed by atoms with Gasteiger partial charge in [-0.1, -0.05) is 6.07 Å². The van der Waals surface area contributed by atoms with Crippen LogP contribution in [0.2, 0.25) is 0 Å². The van der Waals surface area contributed by atoms with E-state index >= 15 is 0 Å². The molecule has 0 aliphatic rings. The molecule has 5 heteroatoms. The Hall–Kier alpha value is -1.13. The summed E-state index contributed by atoms with van der Waals surface area (Å²) in [6, 6.07) is 10.2. The van der Waals surface area contributed by atoms with Crippen LogP contribution in [0.4, 0.5) is 5.82 Å². The minimum absolute atomic E-state index is 0.491. The molecule has 0 saturated carbocycles. The molecule has 3 nitrogen and oxygen atoms in total. The molecule has 0 aliphatic carbocycles. The highest BCUT2D eigenvalue weighted by atomic mass is 127. The van der Waals surface area contributed by atoms with Gasteiger partial charge in [0.25, 0.3) is 0 Å². The molecule has 0 aliphatic heterocycles. The lowest BCUT2D eigenvalue weighted by molar-refractivity contribution is 1.02. The number of pyridine rings is 1. The minimum Gasteiger partial charge on any atom is -0.370 e. The Balaban J connectivity index is 1.93. The fraction of sp³-hybridized carbons (Fsp3) is 0.231. The Bertz CT molecular complexity index is 586. The van der Waals surface area contributed by atoms with E-state index in [2.05, 4.69) is 51.1 Å². The third-order valence-electron chi connectivity index (χ3n) is 2.51. The molecule has 0 bridgehead atoms. The van der Waals surface area contributed by atoms with E-state index in [9.17, 15) is 0 Å². The van der Waals surface area contributed by atoms with Crippen LogP contribution in [0.5, 0.6) is 0 Å². The normalized spacial score (nSPS) is 10.1. The fourth-order valence-electron chi connectivity index (χ4n) is 1.54. The summed E-state index contributed by atoms with van der Waals surface area (Å²) >= 11 is 4.13. The van der Waals surface area contributed by atoms with Gasteiger partial charge in [0.2, 0.25) is 0 Å². The first kappa shape index (κ1) is 13.3. The Labute approximate surface area is 124 Å². The lowest BCUT2D eigenvalue weighted by Crippen LogP contribution is -2.06. The van der Waals surface area contributed by atoms with Gasteiger partial charge in [-0.05, 0) is 59.7 Å². The third kappa shape index (κ3) is 3.43. The number of hydrogen-bond acceptors (Lipinski definition) is 4. The van der Waals surface area contributed by atoms with Gasteiger partial charge < -0.3 is 5.32 Å². The van der Waals surface area contributed by atoms with Crippen LogP contribution in [0.25, 0.3) is 0 Å². The molecule has 2 rings (SSSR count). The second kappa shape index (κ2) is 6.16. The molecule has 0 fully saturated rings. The molecule has 1 N–H and O–H groups in total. The molecule has 0 aromatic carbocycles. The first-order valence-electron chi connectivity index (χ1n) is 5.55. The molecule has 0 saturated heterocycles. The SMILES string of the molecule is Cc1ccc(NCCc2ccc(I)s2)nc1C#N. The van der Waals surface area contributed by atoms with E-state index in [0.29, 0.717) is 5.69 Å². The van der Waals surface area contributed by atoms with Gasteiger partial charge in [0.1, 0.15) is 17.6 Å². The van der Waals surface area contributed by atoms with Crippen LogP contribution in [0.3, 0.4) is 0 Å². The molecular weight excluding hydrogens is 357 g/mol. The maximum Gasteiger partial charge on any atom is 0.145 e. The van der Waals surface area contributed by atoms with Crippen molar-refractivity contribution in [3.63, 3.8) is 0 Å². The van der Waals surface area contributed by atoms with Gasteiger partial charge >= 0.3 is 0 Å². The summed E-state index contributed by atoms with van der Waals surface area (Å²) in [4.78, 5) is 5.62. The summed E-state index contributed by atoms with van der Waals surface area (Å²) in [7, 11) is 0. The average Bonchev–Trinajstić information content (AvgIpc) is 2.77.